The van der Waals surface area contributed by atoms with Crippen molar-refractivity contribution < 1.29 is 19.7 Å². The van der Waals surface area contributed by atoms with Gasteiger partial charge in [0.15, 0.2) is 0 Å². The molecule has 4 heteroatoms. The van der Waals surface area contributed by atoms with E-state index in [1.54, 1.807) is 0 Å². The summed E-state index contributed by atoms with van der Waals surface area (Å²) in [6, 6.07) is 1.87. The van der Waals surface area contributed by atoms with E-state index in [1.165, 1.54) is 0 Å². The quantitative estimate of drug-likeness (QED) is 0.535. The summed E-state index contributed by atoms with van der Waals surface area (Å²) in [6.45, 7) is 10.4. The molecule has 1 aromatic carbocycles. The van der Waals surface area contributed by atoms with E-state index in [4.69, 9.17) is 4.74 Å². The van der Waals surface area contributed by atoms with Crippen LogP contribution in [0.2, 0.25) is 0 Å². The summed E-state index contributed by atoms with van der Waals surface area (Å²) in [5, 5.41) is 20.7. The Labute approximate surface area is 155 Å². The number of carboxylic acid groups (broad SMARTS) is 1. The highest BCUT2D eigenvalue weighted by Gasteiger charge is 2.48. The number of carboxylic acids is 1. The van der Waals surface area contributed by atoms with Crippen LogP contribution < -0.4 is 4.74 Å². The minimum atomic E-state index is -1.06. The molecule has 0 aromatic heterocycles. The summed E-state index contributed by atoms with van der Waals surface area (Å²) in [5.74, 6) is 0.114. The number of benzene rings is 1. The number of aryl methyl sites for hydroxylation is 1. The summed E-state index contributed by atoms with van der Waals surface area (Å²) in [4.78, 5) is 11.9. The maximum Gasteiger partial charge on any atom is 0.339 e. The average Bonchev–Trinajstić information content (AvgIpc) is 2.95. The van der Waals surface area contributed by atoms with E-state index in [0.29, 0.717) is 29.2 Å². The third-order valence-corrected chi connectivity index (χ3v) is 6.16. The lowest BCUT2D eigenvalue weighted by atomic mass is 9.68. The monoisotopic (exact) mass is 358 g/mol. The summed E-state index contributed by atoms with van der Waals surface area (Å²) >= 11 is 0. The molecule has 3 rings (SSSR count). The third-order valence-electron chi connectivity index (χ3n) is 6.16. The maximum absolute atomic E-state index is 11.9. The smallest absolute Gasteiger partial charge is 0.339 e. The zero-order valence-electron chi connectivity index (χ0n) is 16.0. The molecular formula is C22H30O4. The first-order valence-corrected chi connectivity index (χ1v) is 9.80. The molecule has 4 atom stereocenters. The van der Waals surface area contributed by atoms with Gasteiger partial charge in [-0.2, -0.15) is 0 Å². The highest BCUT2D eigenvalue weighted by atomic mass is 16.5. The summed E-state index contributed by atoms with van der Waals surface area (Å²) in [5.41, 5.74) is 2.50. The fraction of sp³-hybridized carbons (Fsp3) is 0.591. The number of ether oxygens (including phenoxy) is 1. The molecule has 0 amide bonds. The molecular weight excluding hydrogens is 328 g/mol. The minimum absolute atomic E-state index is 0.00552. The van der Waals surface area contributed by atoms with Crippen LogP contribution in [-0.4, -0.2) is 22.3 Å². The molecule has 1 fully saturated rings. The summed E-state index contributed by atoms with van der Waals surface area (Å²) in [7, 11) is 0. The van der Waals surface area contributed by atoms with Crippen molar-refractivity contribution in [2.45, 2.75) is 71.3 Å². The molecule has 0 spiro atoms. The van der Waals surface area contributed by atoms with Gasteiger partial charge in [0, 0.05) is 11.5 Å². The first kappa shape index (κ1) is 18.8. The average molecular weight is 358 g/mol. The molecule has 1 aromatic rings. The van der Waals surface area contributed by atoms with E-state index >= 15 is 0 Å². The highest BCUT2D eigenvalue weighted by molar-refractivity contribution is 5.94. The van der Waals surface area contributed by atoms with E-state index < -0.39 is 5.97 Å². The predicted molar refractivity (Wildman–Crippen MR) is 102 cm³/mol. The molecule has 1 heterocycles. The van der Waals surface area contributed by atoms with Gasteiger partial charge in [-0.1, -0.05) is 38.8 Å². The molecule has 142 valence electrons. The van der Waals surface area contributed by atoms with Crippen molar-refractivity contribution in [3.8, 4) is 11.5 Å². The van der Waals surface area contributed by atoms with Gasteiger partial charge in [0.1, 0.15) is 23.2 Å². The van der Waals surface area contributed by atoms with Crippen LogP contribution in [0.3, 0.4) is 0 Å². The Hall–Kier alpha value is -1.97. The van der Waals surface area contributed by atoms with Gasteiger partial charge in [0.2, 0.25) is 0 Å². The van der Waals surface area contributed by atoms with Crippen LogP contribution in [0, 0.1) is 11.8 Å². The Morgan fingerprint density at radius 3 is 2.69 bits per heavy atom. The molecule has 4 nitrogen and oxygen atoms in total. The molecule has 0 saturated heterocycles. The van der Waals surface area contributed by atoms with Crippen LogP contribution in [0.15, 0.2) is 18.2 Å². The topological polar surface area (TPSA) is 66.8 Å². The third kappa shape index (κ3) is 3.10. The number of hydrogen-bond acceptors (Lipinski definition) is 3. The van der Waals surface area contributed by atoms with E-state index in [-0.39, 0.29) is 29.3 Å². The van der Waals surface area contributed by atoms with Crippen LogP contribution >= 0.6 is 0 Å². The molecule has 0 bridgehead atoms. The number of phenols is 1. The SMILES string of the molecule is C=C(C)[C@@H]1CC[C@@H](C)[C@H]2Oc3cc(CCCCC)c(C(=O)O)c(O)c3[C@H]21. The van der Waals surface area contributed by atoms with Crippen molar-refractivity contribution >= 4 is 5.97 Å². The van der Waals surface area contributed by atoms with E-state index in [1.807, 2.05) is 13.0 Å². The molecule has 1 aliphatic carbocycles. The second kappa shape index (κ2) is 7.34. The van der Waals surface area contributed by atoms with Crippen molar-refractivity contribution in [3.63, 3.8) is 0 Å². The molecule has 0 unspecified atom stereocenters. The van der Waals surface area contributed by atoms with E-state index in [0.717, 1.165) is 37.7 Å². The molecule has 2 N–H and O–H groups in total. The van der Waals surface area contributed by atoms with Crippen LogP contribution in [0.25, 0.3) is 0 Å². The lowest BCUT2D eigenvalue weighted by molar-refractivity contribution is 0.0692. The molecule has 26 heavy (non-hydrogen) atoms. The Morgan fingerprint density at radius 1 is 1.35 bits per heavy atom. The number of allylic oxidation sites excluding steroid dienone is 1. The summed E-state index contributed by atoms with van der Waals surface area (Å²) < 4.78 is 6.27. The van der Waals surface area contributed by atoms with Gasteiger partial charge >= 0.3 is 5.97 Å². The first-order valence-electron chi connectivity index (χ1n) is 9.80. The predicted octanol–water partition coefficient (Wildman–Crippen LogP) is 5.29. The van der Waals surface area contributed by atoms with Crippen molar-refractivity contribution in [2.75, 3.05) is 0 Å². The number of rotatable bonds is 6. The van der Waals surface area contributed by atoms with Crippen molar-refractivity contribution in [3.05, 3.63) is 34.9 Å². The summed E-state index contributed by atoms with van der Waals surface area (Å²) in [6.07, 6.45) is 5.71. The standard InChI is InChI=1S/C22H30O4/c1-5-6-7-8-14-11-16-19(20(23)17(14)22(24)25)18-15(12(2)3)10-9-13(4)21(18)26-16/h11,13,15,18,21,23H,2,5-10H2,1,3-4H3,(H,24,25)/t13-,15+,18-,21-/m1/s1. The van der Waals surface area contributed by atoms with Crippen molar-refractivity contribution in [1.82, 2.24) is 0 Å². The number of aromatic carboxylic acids is 1. The number of unbranched alkanes of at least 4 members (excludes halogenated alkanes) is 2. The molecule has 1 saturated carbocycles. The second-order valence-corrected chi connectivity index (χ2v) is 8.05. The number of fused-ring (bicyclic) bond motifs is 3. The fourth-order valence-corrected chi connectivity index (χ4v) is 4.76. The normalized spacial score (nSPS) is 26.7. The Kier molecular flexibility index (Phi) is 5.31. The molecule has 0 radical (unpaired) electrons. The minimum Gasteiger partial charge on any atom is -0.507 e. The Balaban J connectivity index is 2.09. The van der Waals surface area contributed by atoms with Gasteiger partial charge in [0.05, 0.1) is 0 Å². The van der Waals surface area contributed by atoms with Gasteiger partial charge < -0.3 is 14.9 Å². The fourth-order valence-electron chi connectivity index (χ4n) is 4.76. The number of hydrogen-bond donors (Lipinski definition) is 2. The second-order valence-electron chi connectivity index (χ2n) is 8.05. The maximum atomic E-state index is 11.9. The van der Waals surface area contributed by atoms with Gasteiger partial charge in [0.25, 0.3) is 0 Å². The van der Waals surface area contributed by atoms with Gasteiger partial charge in [-0.25, -0.2) is 4.79 Å². The zero-order chi connectivity index (χ0) is 19.0. The van der Waals surface area contributed by atoms with Gasteiger partial charge in [-0.05, 0) is 56.1 Å². The Bertz CT molecular complexity index is 721. The van der Waals surface area contributed by atoms with Crippen LogP contribution in [-0.2, 0) is 6.42 Å². The zero-order valence-corrected chi connectivity index (χ0v) is 16.0. The van der Waals surface area contributed by atoms with Crippen molar-refractivity contribution in [1.29, 1.82) is 0 Å². The van der Waals surface area contributed by atoms with Crippen LogP contribution in [0.4, 0.5) is 0 Å². The molecule has 2 aliphatic rings. The first-order chi connectivity index (χ1) is 12.4. The lowest BCUT2D eigenvalue weighted by Gasteiger charge is -2.37. The van der Waals surface area contributed by atoms with Crippen LogP contribution in [0.1, 0.15) is 80.3 Å². The largest absolute Gasteiger partial charge is 0.507 e. The number of aromatic hydroxyl groups is 1. The van der Waals surface area contributed by atoms with Crippen LogP contribution in [0.5, 0.6) is 11.5 Å². The van der Waals surface area contributed by atoms with E-state index in [2.05, 4.69) is 20.4 Å². The van der Waals surface area contributed by atoms with E-state index in [9.17, 15) is 15.0 Å². The van der Waals surface area contributed by atoms with Gasteiger partial charge in [-0.15, -0.1) is 0 Å². The molecule has 1 aliphatic heterocycles. The van der Waals surface area contributed by atoms with Crippen molar-refractivity contribution in [2.24, 2.45) is 11.8 Å². The Morgan fingerprint density at radius 2 is 2.08 bits per heavy atom. The number of carbonyl (C=O) groups is 1. The van der Waals surface area contributed by atoms with Gasteiger partial charge in [-0.3, -0.25) is 0 Å². The lowest BCUT2D eigenvalue weighted by Crippen LogP contribution is -2.36. The highest BCUT2D eigenvalue weighted by Crippen LogP contribution is 2.56.